The average molecular weight is 278 g/mol. The monoisotopic (exact) mass is 278 g/mol. The molecule has 0 saturated carbocycles. The Kier molecular flexibility index (Phi) is 4.30. The predicted molar refractivity (Wildman–Crippen MR) is 77.0 cm³/mol. The lowest BCUT2D eigenvalue weighted by Crippen LogP contribution is -2.50. The van der Waals surface area contributed by atoms with Crippen LogP contribution in [-0.2, 0) is 4.79 Å². The zero-order valence-electron chi connectivity index (χ0n) is 12.1. The molecule has 1 unspecified atom stereocenters. The van der Waals surface area contributed by atoms with Crippen LogP contribution in [-0.4, -0.2) is 47.8 Å². The predicted octanol–water partition coefficient (Wildman–Crippen LogP) is 1.17. The van der Waals surface area contributed by atoms with Gasteiger partial charge in [0.25, 0.3) is 0 Å². The number of aliphatic carboxylic acids is 1. The smallest absolute Gasteiger partial charge is 0.325 e. The van der Waals surface area contributed by atoms with E-state index in [4.69, 9.17) is 15.6 Å². The van der Waals surface area contributed by atoms with Crippen molar-refractivity contribution in [3.8, 4) is 5.75 Å². The lowest BCUT2D eigenvalue weighted by Gasteiger charge is -2.20. The summed E-state index contributed by atoms with van der Waals surface area (Å²) in [4.78, 5) is 13.1. The van der Waals surface area contributed by atoms with Gasteiger partial charge in [-0.2, -0.15) is 0 Å². The molecule has 0 radical (unpaired) electrons. The van der Waals surface area contributed by atoms with Gasteiger partial charge in [0.1, 0.15) is 17.9 Å². The van der Waals surface area contributed by atoms with Crippen molar-refractivity contribution in [2.75, 3.05) is 26.2 Å². The minimum Gasteiger partial charge on any atom is -0.492 e. The molecule has 1 aromatic carbocycles. The second-order valence-electron chi connectivity index (χ2n) is 5.60. The van der Waals surface area contributed by atoms with E-state index in [0.29, 0.717) is 32.7 Å². The van der Waals surface area contributed by atoms with Crippen LogP contribution >= 0.6 is 0 Å². The number of likely N-dealkylation sites (tertiary alicyclic amines) is 1. The van der Waals surface area contributed by atoms with Gasteiger partial charge >= 0.3 is 5.97 Å². The molecule has 0 spiro atoms. The standard InChI is InChI=1S/C15H22N2O3/c1-11-3-4-12(2)13(9-11)20-8-7-17-6-5-15(16,10-17)14(18)19/h3-4,9H,5-8,10,16H2,1-2H3,(H,18,19). The van der Waals surface area contributed by atoms with E-state index in [0.717, 1.165) is 11.3 Å². The number of carboxylic acid groups (broad SMARTS) is 1. The second kappa shape index (κ2) is 5.81. The van der Waals surface area contributed by atoms with Crippen molar-refractivity contribution in [1.82, 2.24) is 4.90 Å². The first-order valence-corrected chi connectivity index (χ1v) is 6.85. The summed E-state index contributed by atoms with van der Waals surface area (Å²) in [6.45, 7) is 6.37. The first kappa shape index (κ1) is 14.8. The maximum atomic E-state index is 11.1. The summed E-state index contributed by atoms with van der Waals surface area (Å²) in [5, 5.41) is 9.08. The molecular formula is C15H22N2O3. The van der Waals surface area contributed by atoms with Gasteiger partial charge in [-0.15, -0.1) is 0 Å². The number of nitrogens with zero attached hydrogens (tertiary/aromatic N) is 1. The van der Waals surface area contributed by atoms with Crippen LogP contribution in [0.15, 0.2) is 18.2 Å². The number of hydrogen-bond donors (Lipinski definition) is 2. The molecule has 5 nitrogen and oxygen atoms in total. The number of nitrogens with two attached hydrogens (primary N) is 1. The van der Waals surface area contributed by atoms with E-state index in [9.17, 15) is 4.79 Å². The highest BCUT2D eigenvalue weighted by atomic mass is 16.5. The maximum Gasteiger partial charge on any atom is 0.325 e. The molecule has 2 rings (SSSR count). The fourth-order valence-electron chi connectivity index (χ4n) is 2.43. The molecule has 0 aromatic heterocycles. The van der Waals surface area contributed by atoms with Crippen molar-refractivity contribution >= 4 is 5.97 Å². The molecule has 5 heteroatoms. The van der Waals surface area contributed by atoms with Crippen molar-refractivity contribution in [2.45, 2.75) is 25.8 Å². The zero-order chi connectivity index (χ0) is 14.8. The van der Waals surface area contributed by atoms with Gasteiger partial charge in [-0.3, -0.25) is 9.69 Å². The fourth-order valence-corrected chi connectivity index (χ4v) is 2.43. The molecule has 0 bridgehead atoms. The van der Waals surface area contributed by atoms with Crippen LogP contribution in [0, 0.1) is 13.8 Å². The molecular weight excluding hydrogens is 256 g/mol. The summed E-state index contributed by atoms with van der Waals surface area (Å²) >= 11 is 0. The molecule has 1 heterocycles. The Morgan fingerprint density at radius 3 is 2.90 bits per heavy atom. The molecule has 20 heavy (non-hydrogen) atoms. The number of rotatable bonds is 5. The number of ether oxygens (including phenoxy) is 1. The normalized spacial score (nSPS) is 22.9. The third-order valence-corrected chi connectivity index (χ3v) is 3.81. The summed E-state index contributed by atoms with van der Waals surface area (Å²) < 4.78 is 5.78. The molecule has 1 atom stereocenters. The van der Waals surface area contributed by atoms with Crippen LogP contribution in [0.25, 0.3) is 0 Å². The van der Waals surface area contributed by atoms with Gasteiger partial charge in [-0.05, 0) is 37.5 Å². The Morgan fingerprint density at radius 2 is 2.25 bits per heavy atom. The van der Waals surface area contributed by atoms with E-state index in [1.54, 1.807) is 0 Å². The van der Waals surface area contributed by atoms with Crippen molar-refractivity contribution in [1.29, 1.82) is 0 Å². The fraction of sp³-hybridized carbons (Fsp3) is 0.533. The van der Waals surface area contributed by atoms with E-state index < -0.39 is 11.5 Å². The van der Waals surface area contributed by atoms with Gasteiger partial charge in [0.05, 0.1) is 0 Å². The summed E-state index contributed by atoms with van der Waals surface area (Å²) in [5.74, 6) is -0.0307. The molecule has 0 aliphatic carbocycles. The van der Waals surface area contributed by atoms with Gasteiger partial charge in [0, 0.05) is 19.6 Å². The Labute approximate surface area is 119 Å². The molecule has 3 N–H and O–H groups in total. The van der Waals surface area contributed by atoms with Gasteiger partial charge in [0.2, 0.25) is 0 Å². The molecule has 1 fully saturated rings. The lowest BCUT2D eigenvalue weighted by atomic mass is 10.0. The average Bonchev–Trinajstić information content (AvgIpc) is 2.77. The van der Waals surface area contributed by atoms with Crippen LogP contribution < -0.4 is 10.5 Å². The Bertz CT molecular complexity index is 504. The van der Waals surface area contributed by atoms with E-state index in [2.05, 4.69) is 6.07 Å². The lowest BCUT2D eigenvalue weighted by molar-refractivity contribution is -0.142. The molecule has 110 valence electrons. The highest BCUT2D eigenvalue weighted by molar-refractivity contribution is 5.79. The van der Waals surface area contributed by atoms with Crippen molar-refractivity contribution in [3.05, 3.63) is 29.3 Å². The summed E-state index contributed by atoms with van der Waals surface area (Å²) in [6.07, 6.45) is 0.492. The maximum absolute atomic E-state index is 11.1. The number of benzene rings is 1. The van der Waals surface area contributed by atoms with Crippen molar-refractivity contribution in [3.63, 3.8) is 0 Å². The van der Waals surface area contributed by atoms with Gasteiger partial charge < -0.3 is 15.6 Å². The topological polar surface area (TPSA) is 75.8 Å². The quantitative estimate of drug-likeness (QED) is 0.845. The minimum atomic E-state index is -1.10. The van der Waals surface area contributed by atoms with Crippen LogP contribution in [0.5, 0.6) is 5.75 Å². The zero-order valence-corrected chi connectivity index (χ0v) is 12.1. The van der Waals surface area contributed by atoms with Crippen LogP contribution in [0.3, 0.4) is 0 Å². The summed E-state index contributed by atoms with van der Waals surface area (Å²) in [5.41, 5.74) is 7.01. The number of hydrogen-bond acceptors (Lipinski definition) is 4. The third-order valence-electron chi connectivity index (χ3n) is 3.81. The third kappa shape index (κ3) is 3.29. The Balaban J connectivity index is 1.83. The van der Waals surface area contributed by atoms with Crippen LogP contribution in [0.2, 0.25) is 0 Å². The van der Waals surface area contributed by atoms with E-state index in [1.165, 1.54) is 5.56 Å². The molecule has 1 aliphatic heterocycles. The first-order valence-electron chi connectivity index (χ1n) is 6.85. The van der Waals surface area contributed by atoms with E-state index >= 15 is 0 Å². The summed E-state index contributed by atoms with van der Waals surface area (Å²) in [7, 11) is 0. The molecule has 1 saturated heterocycles. The highest BCUT2D eigenvalue weighted by Gasteiger charge is 2.40. The SMILES string of the molecule is Cc1ccc(C)c(OCCN2CCC(N)(C(=O)O)C2)c1. The highest BCUT2D eigenvalue weighted by Crippen LogP contribution is 2.21. The van der Waals surface area contributed by atoms with Gasteiger partial charge in [0.15, 0.2) is 0 Å². The van der Waals surface area contributed by atoms with Gasteiger partial charge in [-0.25, -0.2) is 0 Å². The van der Waals surface area contributed by atoms with Crippen LogP contribution in [0.1, 0.15) is 17.5 Å². The largest absolute Gasteiger partial charge is 0.492 e. The molecule has 0 amide bonds. The van der Waals surface area contributed by atoms with Gasteiger partial charge in [-0.1, -0.05) is 12.1 Å². The second-order valence-corrected chi connectivity index (χ2v) is 5.60. The Hall–Kier alpha value is -1.59. The van der Waals surface area contributed by atoms with Crippen molar-refractivity contribution < 1.29 is 14.6 Å². The van der Waals surface area contributed by atoms with Crippen LogP contribution in [0.4, 0.5) is 0 Å². The Morgan fingerprint density at radius 1 is 1.50 bits per heavy atom. The van der Waals surface area contributed by atoms with Crippen molar-refractivity contribution in [2.24, 2.45) is 5.73 Å². The summed E-state index contributed by atoms with van der Waals surface area (Å²) in [6, 6.07) is 6.11. The van der Waals surface area contributed by atoms with E-state index in [1.807, 2.05) is 30.9 Å². The molecule has 1 aromatic rings. The number of carboxylic acids is 1. The first-order chi connectivity index (χ1) is 9.40. The molecule has 1 aliphatic rings. The van der Waals surface area contributed by atoms with E-state index in [-0.39, 0.29) is 0 Å². The number of carbonyl (C=O) groups is 1. The number of aryl methyl sites for hydroxylation is 2. The minimum absolute atomic E-state index is 0.387.